The van der Waals surface area contributed by atoms with Crippen LogP contribution in [-0.4, -0.2) is 23.9 Å². The molecule has 0 bridgehead atoms. The minimum Gasteiger partial charge on any atom is -0.339 e. The van der Waals surface area contributed by atoms with Crippen molar-refractivity contribution in [2.75, 3.05) is 7.05 Å². The molecular formula is C16H18N2O. The maximum absolute atomic E-state index is 12.0. The summed E-state index contributed by atoms with van der Waals surface area (Å²) in [5.74, 6) is 0.0521. The third kappa shape index (κ3) is 3.45. The highest BCUT2D eigenvalue weighted by Gasteiger charge is 2.21. The monoisotopic (exact) mass is 254 g/mol. The van der Waals surface area contributed by atoms with Gasteiger partial charge in [0.1, 0.15) is 0 Å². The zero-order chi connectivity index (χ0) is 13.7. The summed E-state index contributed by atoms with van der Waals surface area (Å²) in [6.07, 6.45) is 8.10. The first-order valence-corrected chi connectivity index (χ1v) is 6.66. The highest BCUT2D eigenvalue weighted by Crippen LogP contribution is 2.22. The highest BCUT2D eigenvalue weighted by molar-refractivity contribution is 5.91. The minimum atomic E-state index is 0.0521. The van der Waals surface area contributed by atoms with Crippen LogP contribution in [0.4, 0.5) is 0 Å². The topological polar surface area (TPSA) is 44.1 Å². The standard InChI is InChI=1S/C16H18N2O/c1-18(15-4-2-3-5-15)16(19)11-10-13-6-8-14(12-17)9-7-13/h6-11,15H,2-5H2,1H3. The lowest BCUT2D eigenvalue weighted by molar-refractivity contribution is -0.126. The van der Waals surface area contributed by atoms with Crippen LogP contribution in [0.5, 0.6) is 0 Å². The molecule has 0 aromatic heterocycles. The van der Waals surface area contributed by atoms with Gasteiger partial charge in [-0.3, -0.25) is 4.79 Å². The second-order valence-corrected chi connectivity index (χ2v) is 4.95. The largest absolute Gasteiger partial charge is 0.339 e. The molecule has 1 amide bonds. The van der Waals surface area contributed by atoms with E-state index in [1.807, 2.05) is 24.1 Å². The normalized spacial score (nSPS) is 15.6. The molecule has 3 heteroatoms. The second kappa shape index (κ2) is 6.19. The van der Waals surface area contributed by atoms with E-state index in [4.69, 9.17) is 5.26 Å². The molecule has 1 aromatic carbocycles. The van der Waals surface area contributed by atoms with E-state index >= 15 is 0 Å². The fourth-order valence-electron chi connectivity index (χ4n) is 2.43. The van der Waals surface area contributed by atoms with Crippen LogP contribution >= 0.6 is 0 Å². The fraction of sp³-hybridized carbons (Fsp3) is 0.375. The zero-order valence-corrected chi connectivity index (χ0v) is 11.2. The Labute approximate surface area is 114 Å². The number of hydrogen-bond donors (Lipinski definition) is 0. The van der Waals surface area contributed by atoms with Crippen molar-refractivity contribution in [3.05, 3.63) is 41.5 Å². The molecular weight excluding hydrogens is 236 g/mol. The summed E-state index contributed by atoms with van der Waals surface area (Å²) < 4.78 is 0. The molecule has 0 spiro atoms. The number of nitrogens with zero attached hydrogens (tertiary/aromatic N) is 2. The molecule has 0 aliphatic heterocycles. The Kier molecular flexibility index (Phi) is 4.35. The summed E-state index contributed by atoms with van der Waals surface area (Å²) in [7, 11) is 1.88. The molecule has 19 heavy (non-hydrogen) atoms. The van der Waals surface area contributed by atoms with Crippen molar-refractivity contribution in [1.29, 1.82) is 5.26 Å². The van der Waals surface area contributed by atoms with Gasteiger partial charge in [0, 0.05) is 19.2 Å². The van der Waals surface area contributed by atoms with Gasteiger partial charge < -0.3 is 4.90 Å². The third-order valence-electron chi connectivity index (χ3n) is 3.68. The van der Waals surface area contributed by atoms with Crippen LogP contribution in [-0.2, 0) is 4.79 Å². The molecule has 0 saturated heterocycles. The van der Waals surface area contributed by atoms with Gasteiger partial charge in [-0.2, -0.15) is 5.26 Å². The first-order valence-electron chi connectivity index (χ1n) is 6.66. The number of carbonyl (C=O) groups excluding carboxylic acids is 1. The first-order chi connectivity index (χ1) is 9.20. The van der Waals surface area contributed by atoms with E-state index in [-0.39, 0.29) is 5.91 Å². The molecule has 1 aliphatic carbocycles. The SMILES string of the molecule is CN(C(=O)C=Cc1ccc(C#N)cc1)C1CCCC1. The molecule has 1 aromatic rings. The van der Waals surface area contributed by atoms with Gasteiger partial charge in [-0.15, -0.1) is 0 Å². The van der Waals surface area contributed by atoms with Crippen molar-refractivity contribution >= 4 is 12.0 Å². The number of nitriles is 1. The number of carbonyl (C=O) groups is 1. The molecule has 0 radical (unpaired) electrons. The number of benzene rings is 1. The van der Waals surface area contributed by atoms with E-state index < -0.39 is 0 Å². The van der Waals surface area contributed by atoms with Crippen molar-refractivity contribution in [1.82, 2.24) is 4.90 Å². The van der Waals surface area contributed by atoms with Crippen molar-refractivity contribution < 1.29 is 4.79 Å². The van der Waals surface area contributed by atoms with E-state index in [2.05, 4.69) is 6.07 Å². The molecule has 1 saturated carbocycles. The average molecular weight is 254 g/mol. The lowest BCUT2D eigenvalue weighted by atomic mass is 10.1. The van der Waals surface area contributed by atoms with Crippen LogP contribution in [0.25, 0.3) is 6.08 Å². The van der Waals surface area contributed by atoms with Crippen LogP contribution < -0.4 is 0 Å². The summed E-state index contributed by atoms with van der Waals surface area (Å²) in [6.45, 7) is 0. The van der Waals surface area contributed by atoms with Crippen LogP contribution in [0.15, 0.2) is 30.3 Å². The Morgan fingerprint density at radius 2 is 1.95 bits per heavy atom. The molecule has 0 heterocycles. The van der Waals surface area contributed by atoms with Crippen LogP contribution in [0.1, 0.15) is 36.8 Å². The van der Waals surface area contributed by atoms with E-state index in [1.54, 1.807) is 24.3 Å². The third-order valence-corrected chi connectivity index (χ3v) is 3.68. The zero-order valence-electron chi connectivity index (χ0n) is 11.2. The fourth-order valence-corrected chi connectivity index (χ4v) is 2.43. The van der Waals surface area contributed by atoms with E-state index in [0.29, 0.717) is 11.6 Å². The van der Waals surface area contributed by atoms with Crippen LogP contribution in [0, 0.1) is 11.3 Å². The van der Waals surface area contributed by atoms with E-state index in [9.17, 15) is 4.79 Å². The van der Waals surface area contributed by atoms with E-state index in [1.165, 1.54) is 12.8 Å². The van der Waals surface area contributed by atoms with Gasteiger partial charge in [0.25, 0.3) is 0 Å². The summed E-state index contributed by atoms with van der Waals surface area (Å²) in [4.78, 5) is 13.9. The predicted molar refractivity (Wildman–Crippen MR) is 75.2 cm³/mol. The number of amides is 1. The number of likely N-dealkylation sites (N-methyl/N-ethyl adjacent to an activating group) is 1. The lowest BCUT2D eigenvalue weighted by Gasteiger charge is -2.22. The summed E-state index contributed by atoms with van der Waals surface area (Å²) in [5.41, 5.74) is 1.57. The molecule has 1 aliphatic rings. The molecule has 0 atom stereocenters. The molecule has 98 valence electrons. The maximum atomic E-state index is 12.0. The van der Waals surface area contributed by atoms with Crippen LogP contribution in [0.2, 0.25) is 0 Å². The Hall–Kier alpha value is -2.08. The molecule has 2 rings (SSSR count). The van der Waals surface area contributed by atoms with Gasteiger partial charge in [-0.25, -0.2) is 0 Å². The van der Waals surface area contributed by atoms with Crippen molar-refractivity contribution in [3.63, 3.8) is 0 Å². The first kappa shape index (κ1) is 13.4. The maximum Gasteiger partial charge on any atom is 0.246 e. The number of hydrogen-bond acceptors (Lipinski definition) is 2. The summed E-state index contributed by atoms with van der Waals surface area (Å²) in [5, 5.41) is 8.71. The Balaban J connectivity index is 1.97. The Morgan fingerprint density at radius 1 is 1.32 bits per heavy atom. The lowest BCUT2D eigenvalue weighted by Crippen LogP contribution is -2.33. The quantitative estimate of drug-likeness (QED) is 0.778. The summed E-state index contributed by atoms with van der Waals surface area (Å²) in [6, 6.07) is 9.68. The number of rotatable bonds is 3. The predicted octanol–water partition coefficient (Wildman–Crippen LogP) is 2.97. The Bertz CT molecular complexity index is 505. The van der Waals surface area contributed by atoms with Crippen molar-refractivity contribution in [3.8, 4) is 6.07 Å². The van der Waals surface area contributed by atoms with Gasteiger partial charge in [-0.1, -0.05) is 25.0 Å². The molecule has 0 N–H and O–H groups in total. The van der Waals surface area contributed by atoms with Crippen molar-refractivity contribution in [2.45, 2.75) is 31.7 Å². The van der Waals surface area contributed by atoms with Gasteiger partial charge in [0.05, 0.1) is 11.6 Å². The van der Waals surface area contributed by atoms with Gasteiger partial charge in [-0.05, 0) is 36.6 Å². The summed E-state index contributed by atoms with van der Waals surface area (Å²) >= 11 is 0. The van der Waals surface area contributed by atoms with Gasteiger partial charge in [0.2, 0.25) is 5.91 Å². The molecule has 3 nitrogen and oxygen atoms in total. The smallest absolute Gasteiger partial charge is 0.246 e. The average Bonchev–Trinajstić information content (AvgIpc) is 2.98. The minimum absolute atomic E-state index is 0.0521. The van der Waals surface area contributed by atoms with Gasteiger partial charge in [0.15, 0.2) is 0 Å². The van der Waals surface area contributed by atoms with Crippen LogP contribution in [0.3, 0.4) is 0 Å². The molecule has 1 fully saturated rings. The van der Waals surface area contributed by atoms with Gasteiger partial charge >= 0.3 is 0 Å². The van der Waals surface area contributed by atoms with E-state index in [0.717, 1.165) is 18.4 Å². The molecule has 0 unspecified atom stereocenters. The highest BCUT2D eigenvalue weighted by atomic mass is 16.2. The second-order valence-electron chi connectivity index (χ2n) is 4.95. The Morgan fingerprint density at radius 3 is 2.53 bits per heavy atom. The van der Waals surface area contributed by atoms with Crippen molar-refractivity contribution in [2.24, 2.45) is 0 Å².